The number of rotatable bonds is 7. The van der Waals surface area contributed by atoms with Gasteiger partial charge in [-0.25, -0.2) is 13.2 Å². The van der Waals surface area contributed by atoms with E-state index in [2.05, 4.69) is 10.3 Å². The van der Waals surface area contributed by atoms with Crippen molar-refractivity contribution in [1.82, 2.24) is 9.55 Å². The second-order valence-corrected chi connectivity index (χ2v) is 6.76. The molecule has 0 amide bonds. The van der Waals surface area contributed by atoms with Gasteiger partial charge in [0.1, 0.15) is 12.0 Å². The molecule has 0 spiro atoms. The summed E-state index contributed by atoms with van der Waals surface area (Å²) in [5.74, 6) is -1.04. The fraction of sp³-hybridized carbons (Fsp3) is 0.333. The van der Waals surface area contributed by atoms with Crippen LogP contribution < -0.4 is 20.3 Å². The van der Waals surface area contributed by atoms with E-state index in [1.54, 1.807) is 0 Å². The summed E-state index contributed by atoms with van der Waals surface area (Å²) in [6, 6.07) is 2.80. The molecule has 160 valence electrons. The Labute approximate surface area is 171 Å². The summed E-state index contributed by atoms with van der Waals surface area (Å²) in [6.07, 6.45) is 2.67. The summed E-state index contributed by atoms with van der Waals surface area (Å²) in [6.45, 7) is 1.93. The van der Waals surface area contributed by atoms with E-state index in [9.17, 15) is 18.0 Å². The lowest BCUT2D eigenvalue weighted by Crippen LogP contribution is -2.20. The zero-order chi connectivity index (χ0) is 21.8. The first-order valence-electron chi connectivity index (χ1n) is 9.34. The van der Waals surface area contributed by atoms with Crippen LogP contribution >= 0.6 is 0 Å². The molecule has 0 bridgehead atoms. The van der Waals surface area contributed by atoms with Gasteiger partial charge in [0.05, 0.1) is 20.4 Å². The molecular weight excluding hydrogens is 399 g/mol. The monoisotopic (exact) mass is 421 g/mol. The highest BCUT2D eigenvalue weighted by Gasteiger charge is 2.18. The number of allylic oxidation sites excluding steroid dienone is 4. The molecule has 6 nitrogen and oxygen atoms in total. The number of aryl methyl sites for hydroxylation is 1. The van der Waals surface area contributed by atoms with Gasteiger partial charge in [0.2, 0.25) is 11.7 Å². The molecule has 0 aliphatic heterocycles. The van der Waals surface area contributed by atoms with Crippen LogP contribution in [0.15, 0.2) is 46.7 Å². The van der Waals surface area contributed by atoms with Crippen LogP contribution in [0.1, 0.15) is 18.9 Å². The van der Waals surface area contributed by atoms with E-state index < -0.39 is 23.4 Å². The van der Waals surface area contributed by atoms with Crippen molar-refractivity contribution >= 4 is 11.6 Å². The van der Waals surface area contributed by atoms with Gasteiger partial charge in [-0.2, -0.15) is 4.98 Å². The molecule has 0 saturated heterocycles. The van der Waals surface area contributed by atoms with E-state index in [-0.39, 0.29) is 30.4 Å². The molecule has 0 fully saturated rings. The van der Waals surface area contributed by atoms with Crippen molar-refractivity contribution in [3.8, 4) is 11.5 Å². The summed E-state index contributed by atoms with van der Waals surface area (Å²) in [4.78, 5) is 16.2. The maximum atomic E-state index is 14.1. The summed E-state index contributed by atoms with van der Waals surface area (Å²) >= 11 is 0. The molecule has 1 N–H and O–H groups in total. The maximum absolute atomic E-state index is 14.1. The largest absolute Gasteiger partial charge is 0.494 e. The number of aromatic nitrogens is 2. The van der Waals surface area contributed by atoms with Crippen molar-refractivity contribution in [3.63, 3.8) is 0 Å². The molecule has 1 aliphatic carbocycles. The van der Waals surface area contributed by atoms with Crippen molar-refractivity contribution in [1.29, 1.82) is 0 Å². The number of ether oxygens (including phenoxy) is 2. The van der Waals surface area contributed by atoms with E-state index in [4.69, 9.17) is 9.47 Å². The molecule has 0 radical (unpaired) electrons. The molecule has 30 heavy (non-hydrogen) atoms. The summed E-state index contributed by atoms with van der Waals surface area (Å²) in [5.41, 5.74) is 0.995. The third-order valence-electron chi connectivity index (χ3n) is 4.70. The minimum Gasteiger partial charge on any atom is -0.494 e. The average Bonchev–Trinajstić information content (AvgIpc) is 2.70. The van der Waals surface area contributed by atoms with Crippen molar-refractivity contribution in [2.75, 3.05) is 19.5 Å². The Morgan fingerprint density at radius 1 is 1.23 bits per heavy atom. The Morgan fingerprint density at radius 3 is 2.60 bits per heavy atom. The van der Waals surface area contributed by atoms with Gasteiger partial charge in [-0.3, -0.25) is 4.79 Å². The topological polar surface area (TPSA) is 65.4 Å². The molecular formula is C21H22F3N3O3. The molecule has 1 aromatic carbocycles. The van der Waals surface area contributed by atoms with Crippen LogP contribution in [0.2, 0.25) is 0 Å². The van der Waals surface area contributed by atoms with Gasteiger partial charge in [0, 0.05) is 24.7 Å². The quantitative estimate of drug-likeness (QED) is 0.725. The van der Waals surface area contributed by atoms with Crippen LogP contribution in [0.3, 0.4) is 0 Å². The van der Waals surface area contributed by atoms with Crippen LogP contribution in [0, 0.1) is 5.82 Å². The van der Waals surface area contributed by atoms with E-state index in [1.165, 1.54) is 43.2 Å². The minimum absolute atomic E-state index is 0.0165. The molecule has 1 aliphatic rings. The van der Waals surface area contributed by atoms with Gasteiger partial charge in [-0.15, -0.1) is 0 Å². The third kappa shape index (κ3) is 4.67. The average molecular weight is 421 g/mol. The first-order valence-corrected chi connectivity index (χ1v) is 9.34. The van der Waals surface area contributed by atoms with Gasteiger partial charge >= 0.3 is 5.56 Å². The Hall–Kier alpha value is -3.23. The van der Waals surface area contributed by atoms with E-state index >= 15 is 0 Å². The molecule has 1 heterocycles. The minimum atomic E-state index is -1.43. The number of nitrogens with zero attached hydrogens (tertiary/aromatic N) is 2. The van der Waals surface area contributed by atoms with Crippen LogP contribution in [0.5, 0.6) is 11.5 Å². The highest BCUT2D eigenvalue weighted by Crippen LogP contribution is 2.29. The molecule has 1 unspecified atom stereocenters. The molecule has 3 rings (SSSR count). The highest BCUT2D eigenvalue weighted by atomic mass is 19.1. The van der Waals surface area contributed by atoms with Crippen molar-refractivity contribution in [2.45, 2.75) is 32.5 Å². The normalized spacial score (nSPS) is 16.0. The van der Waals surface area contributed by atoms with Gasteiger partial charge in [-0.05, 0) is 35.8 Å². The Morgan fingerprint density at radius 2 is 1.97 bits per heavy atom. The number of hydrogen-bond acceptors (Lipinski definition) is 5. The number of nitrogens with one attached hydrogen (secondary N) is 1. The van der Waals surface area contributed by atoms with Gasteiger partial charge < -0.3 is 19.4 Å². The summed E-state index contributed by atoms with van der Waals surface area (Å²) in [7, 11) is 2.68. The Balaban J connectivity index is 2.04. The zero-order valence-corrected chi connectivity index (χ0v) is 16.8. The van der Waals surface area contributed by atoms with Crippen molar-refractivity contribution in [2.24, 2.45) is 0 Å². The zero-order valence-electron chi connectivity index (χ0n) is 16.8. The van der Waals surface area contributed by atoms with Crippen molar-refractivity contribution in [3.05, 3.63) is 63.6 Å². The van der Waals surface area contributed by atoms with E-state index in [0.29, 0.717) is 23.2 Å². The summed E-state index contributed by atoms with van der Waals surface area (Å²) < 4.78 is 53.0. The second-order valence-electron chi connectivity index (χ2n) is 6.76. The highest BCUT2D eigenvalue weighted by molar-refractivity contribution is 5.62. The van der Waals surface area contributed by atoms with E-state index in [0.717, 1.165) is 6.08 Å². The SMILES string of the molecule is CCc1cc(F)c(OC)cc1Nc1nc(=O)c(OC)cn1CC1=CC(F)=CC(F)C1. The maximum Gasteiger partial charge on any atom is 0.316 e. The lowest BCUT2D eigenvalue weighted by atomic mass is 10.0. The molecule has 0 saturated carbocycles. The third-order valence-corrected chi connectivity index (χ3v) is 4.70. The number of methoxy groups -OCH3 is 2. The predicted molar refractivity (Wildman–Crippen MR) is 107 cm³/mol. The number of hydrogen-bond donors (Lipinski definition) is 1. The van der Waals surface area contributed by atoms with Crippen LogP contribution in [-0.2, 0) is 13.0 Å². The lowest BCUT2D eigenvalue weighted by Gasteiger charge is -2.20. The van der Waals surface area contributed by atoms with Crippen LogP contribution in [0.25, 0.3) is 0 Å². The van der Waals surface area contributed by atoms with Crippen LogP contribution in [0.4, 0.5) is 24.8 Å². The smallest absolute Gasteiger partial charge is 0.316 e. The molecule has 9 heteroatoms. The fourth-order valence-electron chi connectivity index (χ4n) is 3.23. The van der Waals surface area contributed by atoms with Gasteiger partial charge in [-0.1, -0.05) is 6.92 Å². The molecule has 2 aromatic rings. The predicted octanol–water partition coefficient (Wildman–Crippen LogP) is 4.23. The number of alkyl halides is 1. The Bertz CT molecular complexity index is 1060. The summed E-state index contributed by atoms with van der Waals surface area (Å²) in [5, 5.41) is 3.02. The number of halogens is 3. The van der Waals surface area contributed by atoms with Gasteiger partial charge in [0.25, 0.3) is 0 Å². The molecule has 1 atom stereocenters. The van der Waals surface area contributed by atoms with E-state index in [1.807, 2.05) is 6.92 Å². The van der Waals surface area contributed by atoms with Gasteiger partial charge in [0.15, 0.2) is 11.6 Å². The number of benzene rings is 1. The first kappa shape index (κ1) is 21.5. The lowest BCUT2D eigenvalue weighted by molar-refractivity contribution is 0.378. The number of anilines is 2. The second kappa shape index (κ2) is 9.06. The standard InChI is InChI=1S/C21H22F3N3O3/c1-4-13-7-16(24)18(29-2)9-17(13)25-21-26-20(28)19(30-3)11-27(21)10-12-5-14(22)8-15(23)6-12/h5,7-9,11,15H,4,6,10H2,1-3H3,(H,25,26,28). The fourth-order valence-corrected chi connectivity index (χ4v) is 3.23. The Kier molecular flexibility index (Phi) is 6.49. The van der Waals surface area contributed by atoms with Crippen molar-refractivity contribution < 1.29 is 22.6 Å². The first-order chi connectivity index (χ1) is 14.3. The molecule has 1 aromatic heterocycles. The van der Waals surface area contributed by atoms with Crippen LogP contribution in [-0.4, -0.2) is 29.9 Å².